The van der Waals surface area contributed by atoms with Crippen LogP contribution < -0.4 is 21.2 Å². The number of hydrogen-bond donors (Lipinski definition) is 4. The van der Waals surface area contributed by atoms with Gasteiger partial charge in [0.2, 0.25) is 5.95 Å². The molecule has 5 N–H and O–H groups in total. The number of nitrogens with two attached hydrogens (primary N) is 1. The van der Waals surface area contributed by atoms with Crippen molar-refractivity contribution in [3.8, 4) is 0 Å². The maximum atomic E-state index is 14.3. The van der Waals surface area contributed by atoms with Crippen LogP contribution >= 0.6 is 7.67 Å². The van der Waals surface area contributed by atoms with Crippen LogP contribution in [-0.4, -0.2) is 56.2 Å². The lowest BCUT2D eigenvalue weighted by Gasteiger charge is -2.27. The van der Waals surface area contributed by atoms with Gasteiger partial charge >= 0.3 is 19.6 Å². The molecule has 0 amide bonds. The van der Waals surface area contributed by atoms with Crippen LogP contribution in [0, 0.1) is 5.92 Å². The van der Waals surface area contributed by atoms with E-state index in [4.69, 9.17) is 19.7 Å². The fraction of sp³-hybridized carbons (Fsp3) is 0.382. The van der Waals surface area contributed by atoms with E-state index in [0.717, 1.165) is 24.0 Å². The van der Waals surface area contributed by atoms with Crippen LogP contribution in [0.1, 0.15) is 50.3 Å². The number of nitrogens with zero attached hydrogens (tertiary/aromatic N) is 4. The zero-order valence-electron chi connectivity index (χ0n) is 27.4. The van der Waals surface area contributed by atoms with Crippen molar-refractivity contribution in [1.82, 2.24) is 29.7 Å². The number of nitrogen functional groups attached to an aromatic ring is 1. The molecule has 1 fully saturated rings. The number of hydrogen-bond acceptors (Lipinski definition) is 11. The average molecular weight is 689 g/mol. The minimum atomic E-state index is -4.02. The lowest BCUT2D eigenvalue weighted by molar-refractivity contribution is -0.147. The van der Waals surface area contributed by atoms with Crippen molar-refractivity contribution in [3.05, 3.63) is 90.3 Å². The van der Waals surface area contributed by atoms with Gasteiger partial charge in [-0.15, -0.1) is 0 Å². The van der Waals surface area contributed by atoms with Gasteiger partial charge in [-0.3, -0.25) is 14.2 Å². The lowest BCUT2D eigenvalue weighted by Crippen LogP contribution is -2.42. The van der Waals surface area contributed by atoms with E-state index in [1.54, 1.807) is 6.33 Å². The van der Waals surface area contributed by atoms with E-state index < -0.39 is 31.7 Å². The molecule has 2 aliphatic rings. The summed E-state index contributed by atoms with van der Waals surface area (Å²) >= 11 is 0. The van der Waals surface area contributed by atoms with Gasteiger partial charge in [0.25, 0.3) is 0 Å². The molecule has 2 aromatic heterocycles. The fourth-order valence-electron chi connectivity index (χ4n) is 5.42. The quantitative estimate of drug-likeness (QED) is 0.0724. The average Bonchev–Trinajstić information content (AvgIpc) is 3.61. The Morgan fingerprint density at radius 3 is 2.08 bits per heavy atom. The SMILES string of the molecule is C[C@@H](NP(=O)(N[C@H](C)C(=O)OCc1ccccc1)OC[C@@H]1C=C[C@H](n2cnc3c(NC4CC4)nc(N)nc32)C1)C(=O)OCc1ccccc1. The zero-order valence-corrected chi connectivity index (χ0v) is 28.3. The van der Waals surface area contributed by atoms with Crippen LogP contribution in [-0.2, 0) is 41.4 Å². The summed E-state index contributed by atoms with van der Waals surface area (Å²) in [6.45, 7) is 3.19. The Balaban J connectivity index is 1.10. The van der Waals surface area contributed by atoms with Crippen LogP contribution in [0.4, 0.5) is 11.8 Å². The van der Waals surface area contributed by atoms with Crippen LogP contribution in [0.25, 0.3) is 11.2 Å². The van der Waals surface area contributed by atoms with E-state index in [-0.39, 0.29) is 37.7 Å². The Hall–Kier alpha value is -4.62. The molecule has 0 aliphatic heterocycles. The van der Waals surface area contributed by atoms with E-state index in [2.05, 4.69) is 30.4 Å². The number of nitrogens with one attached hydrogen (secondary N) is 3. The first-order valence-electron chi connectivity index (χ1n) is 16.3. The van der Waals surface area contributed by atoms with Crippen molar-refractivity contribution in [2.75, 3.05) is 17.7 Å². The Kier molecular flexibility index (Phi) is 10.7. The first kappa shape index (κ1) is 34.3. The molecule has 4 aromatic rings. The minimum absolute atomic E-state index is 0.0279. The number of aromatic nitrogens is 4. The van der Waals surface area contributed by atoms with Gasteiger partial charge in [-0.25, -0.2) is 15.2 Å². The van der Waals surface area contributed by atoms with Gasteiger partial charge < -0.3 is 29.6 Å². The second-order valence-corrected chi connectivity index (χ2v) is 14.2. The monoisotopic (exact) mass is 688 g/mol. The first-order chi connectivity index (χ1) is 23.7. The number of imidazole rings is 1. The highest BCUT2D eigenvalue weighted by atomic mass is 31.2. The first-order valence-corrected chi connectivity index (χ1v) is 17.9. The maximum absolute atomic E-state index is 14.3. The molecule has 2 aromatic carbocycles. The summed E-state index contributed by atoms with van der Waals surface area (Å²) in [7, 11) is -4.02. The number of benzene rings is 2. The second kappa shape index (κ2) is 15.3. The van der Waals surface area contributed by atoms with E-state index in [0.29, 0.717) is 29.4 Å². The molecule has 258 valence electrons. The van der Waals surface area contributed by atoms with Gasteiger partial charge in [0.1, 0.15) is 25.3 Å². The minimum Gasteiger partial charge on any atom is -0.460 e. The van der Waals surface area contributed by atoms with Crippen LogP contribution in [0.2, 0.25) is 0 Å². The molecular weight excluding hydrogens is 647 g/mol. The number of rotatable bonds is 16. The summed E-state index contributed by atoms with van der Waals surface area (Å²) in [4.78, 5) is 39.2. The van der Waals surface area contributed by atoms with Crippen molar-refractivity contribution < 1.29 is 28.2 Å². The van der Waals surface area contributed by atoms with Crippen LogP contribution in [0.5, 0.6) is 0 Å². The fourth-order valence-corrected chi connectivity index (χ4v) is 7.27. The van der Waals surface area contributed by atoms with Gasteiger partial charge in [-0.2, -0.15) is 9.97 Å². The van der Waals surface area contributed by atoms with Crippen molar-refractivity contribution in [2.24, 2.45) is 5.92 Å². The van der Waals surface area contributed by atoms with Crippen molar-refractivity contribution >= 4 is 42.5 Å². The largest absolute Gasteiger partial charge is 0.460 e. The Bertz CT molecular complexity index is 1770. The topological polar surface area (TPSA) is 185 Å². The van der Waals surface area contributed by atoms with Crippen molar-refractivity contribution in [2.45, 2.75) is 70.5 Å². The number of anilines is 2. The molecule has 2 heterocycles. The molecule has 2 aliphatic carbocycles. The molecule has 4 atom stereocenters. The zero-order chi connectivity index (χ0) is 34.4. The molecule has 0 spiro atoms. The van der Waals surface area contributed by atoms with Crippen molar-refractivity contribution in [1.29, 1.82) is 0 Å². The molecule has 49 heavy (non-hydrogen) atoms. The van der Waals surface area contributed by atoms with E-state index in [1.807, 2.05) is 77.4 Å². The summed E-state index contributed by atoms with van der Waals surface area (Å²) in [5.74, 6) is -0.623. The van der Waals surface area contributed by atoms with Gasteiger partial charge in [0.05, 0.1) is 19.0 Å². The van der Waals surface area contributed by atoms with E-state index in [1.165, 1.54) is 13.8 Å². The predicted molar refractivity (Wildman–Crippen MR) is 184 cm³/mol. The summed E-state index contributed by atoms with van der Waals surface area (Å²) in [5, 5.41) is 8.92. The molecule has 1 saturated carbocycles. The molecule has 15 heteroatoms. The molecular formula is C34H41N8O6P. The number of esters is 2. The van der Waals surface area contributed by atoms with Crippen LogP contribution in [0.3, 0.4) is 0 Å². The number of allylic oxidation sites excluding steroid dienone is 1. The highest BCUT2D eigenvalue weighted by Gasteiger charge is 2.35. The van der Waals surface area contributed by atoms with Gasteiger partial charge in [-0.1, -0.05) is 72.8 Å². The summed E-state index contributed by atoms with van der Waals surface area (Å²) in [5.41, 5.74) is 8.93. The predicted octanol–water partition coefficient (Wildman–Crippen LogP) is 4.67. The molecule has 0 unspecified atom stereocenters. The van der Waals surface area contributed by atoms with Crippen LogP contribution in [0.15, 0.2) is 79.1 Å². The molecule has 0 radical (unpaired) electrons. The Labute approximate surface area is 284 Å². The Morgan fingerprint density at radius 1 is 0.918 bits per heavy atom. The number of fused-ring (bicyclic) bond motifs is 1. The number of carbonyl (C=O) groups excluding carboxylic acids is 2. The molecule has 0 bridgehead atoms. The highest BCUT2D eigenvalue weighted by molar-refractivity contribution is 7.54. The molecule has 0 saturated heterocycles. The Morgan fingerprint density at radius 2 is 1.51 bits per heavy atom. The third kappa shape index (κ3) is 9.09. The highest BCUT2D eigenvalue weighted by Crippen LogP contribution is 2.42. The van der Waals surface area contributed by atoms with E-state index >= 15 is 0 Å². The number of ether oxygens (including phenoxy) is 2. The standard InChI is InChI=1S/C34H41N8O6P/c1-22(32(43)46-18-24-9-5-3-6-10-24)40-49(45,41-23(2)33(44)47-19-25-11-7-4-8-12-25)48-20-26-13-16-28(17-26)42-21-36-29-30(37-27-14-15-27)38-34(35)39-31(29)42/h3-13,16,21-23,26-28H,14-15,17-20H2,1-2H3,(H2,40,41,45)(H3,35,37,38,39)/t22-,23-,26-,28+/m1/s1. The third-order valence-electron chi connectivity index (χ3n) is 8.22. The summed E-state index contributed by atoms with van der Waals surface area (Å²) < 4.78 is 33.1. The lowest BCUT2D eigenvalue weighted by atomic mass is 10.1. The molecule has 6 rings (SSSR count). The summed E-state index contributed by atoms with van der Waals surface area (Å²) in [6, 6.07) is 16.7. The van der Waals surface area contributed by atoms with Gasteiger partial charge in [0.15, 0.2) is 17.0 Å². The maximum Gasteiger partial charge on any atom is 0.342 e. The summed E-state index contributed by atoms with van der Waals surface area (Å²) in [6.07, 6.45) is 8.46. The van der Waals surface area contributed by atoms with Crippen molar-refractivity contribution in [3.63, 3.8) is 0 Å². The van der Waals surface area contributed by atoms with Gasteiger partial charge in [-0.05, 0) is 44.2 Å². The third-order valence-corrected chi connectivity index (χ3v) is 10.2. The van der Waals surface area contributed by atoms with Gasteiger partial charge in [0, 0.05) is 12.0 Å². The second-order valence-electron chi connectivity index (χ2n) is 12.4. The number of carbonyl (C=O) groups is 2. The van der Waals surface area contributed by atoms with E-state index in [9.17, 15) is 14.2 Å². The normalized spacial score (nSPS) is 18.7. The smallest absolute Gasteiger partial charge is 0.342 e. The molecule has 14 nitrogen and oxygen atoms in total.